The third kappa shape index (κ3) is 4.24. The number of halogens is 4. The Morgan fingerprint density at radius 1 is 0.900 bits per heavy atom. The van der Waals surface area contributed by atoms with E-state index in [0.717, 1.165) is 12.1 Å². The maximum absolute atomic E-state index is 12.0. The van der Waals surface area contributed by atoms with Crippen molar-refractivity contribution in [2.75, 3.05) is 5.73 Å². The van der Waals surface area contributed by atoms with Gasteiger partial charge in [-0.25, -0.2) is 0 Å². The zero-order valence-electron chi connectivity index (χ0n) is 9.95. The van der Waals surface area contributed by atoms with Gasteiger partial charge in [0.1, 0.15) is 17.2 Å². The van der Waals surface area contributed by atoms with Crippen molar-refractivity contribution in [2.24, 2.45) is 0 Å². The Hall–Kier alpha value is -2.08. The first kappa shape index (κ1) is 14.3. The normalized spacial score (nSPS) is 11.2. The van der Waals surface area contributed by atoms with E-state index in [1.165, 1.54) is 18.2 Å². The minimum atomic E-state index is -4.72. The van der Waals surface area contributed by atoms with Crippen LogP contribution in [0.15, 0.2) is 42.5 Å². The topological polar surface area (TPSA) is 44.5 Å². The fraction of sp³-hybridized carbons (Fsp3) is 0.0769. The largest absolute Gasteiger partial charge is 0.573 e. The molecule has 0 amide bonds. The molecule has 0 aliphatic carbocycles. The first-order valence-electron chi connectivity index (χ1n) is 5.41. The Labute approximate surface area is 117 Å². The van der Waals surface area contributed by atoms with Gasteiger partial charge in [-0.1, -0.05) is 11.6 Å². The second kappa shape index (κ2) is 5.50. The number of anilines is 1. The zero-order chi connectivity index (χ0) is 14.8. The molecule has 3 nitrogen and oxygen atoms in total. The van der Waals surface area contributed by atoms with Crippen LogP contribution in [0, 0.1) is 0 Å². The molecule has 7 heteroatoms. The van der Waals surface area contributed by atoms with Crippen LogP contribution in [0.3, 0.4) is 0 Å². The van der Waals surface area contributed by atoms with Gasteiger partial charge in [0.05, 0.1) is 0 Å². The molecule has 0 atom stereocenters. The van der Waals surface area contributed by atoms with Gasteiger partial charge >= 0.3 is 6.36 Å². The van der Waals surface area contributed by atoms with E-state index in [0.29, 0.717) is 22.2 Å². The van der Waals surface area contributed by atoms with Crippen LogP contribution in [-0.4, -0.2) is 6.36 Å². The number of ether oxygens (including phenoxy) is 2. The molecule has 0 spiro atoms. The third-order valence-corrected chi connectivity index (χ3v) is 2.40. The molecule has 2 aromatic carbocycles. The van der Waals surface area contributed by atoms with Crippen LogP contribution >= 0.6 is 11.6 Å². The molecule has 106 valence electrons. The van der Waals surface area contributed by atoms with Crippen LogP contribution in [0.1, 0.15) is 0 Å². The van der Waals surface area contributed by atoms with Crippen molar-refractivity contribution in [2.45, 2.75) is 6.36 Å². The van der Waals surface area contributed by atoms with Crippen LogP contribution < -0.4 is 15.2 Å². The summed E-state index contributed by atoms with van der Waals surface area (Å²) in [6.45, 7) is 0. The summed E-state index contributed by atoms with van der Waals surface area (Å²) in [7, 11) is 0. The second-order valence-corrected chi connectivity index (χ2v) is 4.28. The first-order chi connectivity index (χ1) is 9.32. The molecule has 0 saturated heterocycles. The molecule has 0 radical (unpaired) electrons. The summed E-state index contributed by atoms with van der Waals surface area (Å²) in [6.07, 6.45) is -4.72. The Morgan fingerprint density at radius 3 is 2.05 bits per heavy atom. The zero-order valence-corrected chi connectivity index (χ0v) is 10.7. The van der Waals surface area contributed by atoms with Gasteiger partial charge in [-0.2, -0.15) is 0 Å². The quantitative estimate of drug-likeness (QED) is 0.842. The van der Waals surface area contributed by atoms with E-state index in [9.17, 15) is 13.2 Å². The SMILES string of the molecule is Nc1cc(Cl)cc(Oc2ccc(OC(F)(F)F)cc2)c1. The molecule has 2 rings (SSSR count). The van der Waals surface area contributed by atoms with E-state index in [2.05, 4.69) is 4.74 Å². The Morgan fingerprint density at radius 2 is 1.50 bits per heavy atom. The smallest absolute Gasteiger partial charge is 0.457 e. The predicted octanol–water partition coefficient (Wildman–Crippen LogP) is 4.61. The van der Waals surface area contributed by atoms with Gasteiger partial charge in [0.2, 0.25) is 0 Å². The molecule has 0 aliphatic rings. The highest BCUT2D eigenvalue weighted by atomic mass is 35.5. The summed E-state index contributed by atoms with van der Waals surface area (Å²) in [4.78, 5) is 0. The highest BCUT2D eigenvalue weighted by molar-refractivity contribution is 6.31. The maximum Gasteiger partial charge on any atom is 0.573 e. The molecule has 0 heterocycles. The monoisotopic (exact) mass is 303 g/mol. The minimum Gasteiger partial charge on any atom is -0.457 e. The van der Waals surface area contributed by atoms with Crippen LogP contribution in [0.2, 0.25) is 5.02 Å². The standard InChI is InChI=1S/C13H9ClF3NO2/c14-8-5-9(18)7-12(6-8)19-10-1-3-11(4-2-10)20-13(15,16)17/h1-7H,18H2. The van der Waals surface area contributed by atoms with Gasteiger partial charge in [0.25, 0.3) is 0 Å². The number of nitrogen functional groups attached to an aromatic ring is 1. The van der Waals surface area contributed by atoms with Gasteiger partial charge in [-0.05, 0) is 36.4 Å². The van der Waals surface area contributed by atoms with Crippen molar-refractivity contribution in [1.29, 1.82) is 0 Å². The molecular formula is C13H9ClF3NO2. The Kier molecular flexibility index (Phi) is 3.94. The molecule has 2 N–H and O–H groups in total. The number of nitrogens with two attached hydrogens (primary N) is 1. The number of alkyl halides is 3. The van der Waals surface area contributed by atoms with E-state index >= 15 is 0 Å². The first-order valence-corrected chi connectivity index (χ1v) is 5.79. The van der Waals surface area contributed by atoms with Crippen molar-refractivity contribution in [3.63, 3.8) is 0 Å². The molecule has 0 fully saturated rings. The molecule has 20 heavy (non-hydrogen) atoms. The third-order valence-electron chi connectivity index (χ3n) is 2.19. The average molecular weight is 304 g/mol. The van der Waals surface area contributed by atoms with E-state index < -0.39 is 6.36 Å². The van der Waals surface area contributed by atoms with Gasteiger partial charge in [-0.3, -0.25) is 0 Å². The lowest BCUT2D eigenvalue weighted by atomic mass is 10.3. The van der Waals surface area contributed by atoms with E-state index in [-0.39, 0.29) is 5.75 Å². The lowest BCUT2D eigenvalue weighted by Crippen LogP contribution is -2.16. The van der Waals surface area contributed by atoms with Crippen LogP contribution in [0.25, 0.3) is 0 Å². The number of hydrogen-bond donors (Lipinski definition) is 1. The van der Waals surface area contributed by atoms with Gasteiger partial charge in [0, 0.05) is 16.8 Å². The van der Waals surface area contributed by atoms with Gasteiger partial charge in [-0.15, -0.1) is 13.2 Å². The summed E-state index contributed by atoms with van der Waals surface area (Å²) < 4.78 is 45.2. The molecule has 0 unspecified atom stereocenters. The van der Waals surface area contributed by atoms with Crippen LogP contribution in [-0.2, 0) is 0 Å². The maximum atomic E-state index is 12.0. The highest BCUT2D eigenvalue weighted by Crippen LogP contribution is 2.29. The Bertz CT molecular complexity index is 579. The van der Waals surface area contributed by atoms with E-state index in [4.69, 9.17) is 22.1 Å². The number of hydrogen-bond acceptors (Lipinski definition) is 3. The molecular weight excluding hydrogens is 295 g/mol. The summed E-state index contributed by atoms with van der Waals surface area (Å²) in [5, 5.41) is 0.400. The van der Waals surface area contributed by atoms with Gasteiger partial charge < -0.3 is 15.2 Å². The fourth-order valence-corrected chi connectivity index (χ4v) is 1.72. The lowest BCUT2D eigenvalue weighted by molar-refractivity contribution is -0.274. The Balaban J connectivity index is 2.10. The molecule has 0 saturated carbocycles. The fourth-order valence-electron chi connectivity index (χ4n) is 1.49. The summed E-state index contributed by atoms with van der Waals surface area (Å²) in [6, 6.07) is 9.63. The summed E-state index contributed by atoms with van der Waals surface area (Å²) in [5.74, 6) is 0.399. The highest BCUT2D eigenvalue weighted by Gasteiger charge is 2.30. The van der Waals surface area contributed by atoms with Crippen LogP contribution in [0.4, 0.5) is 18.9 Å². The summed E-state index contributed by atoms with van der Waals surface area (Å²) >= 11 is 5.81. The van der Waals surface area contributed by atoms with E-state index in [1.54, 1.807) is 12.1 Å². The molecule has 0 aliphatic heterocycles. The molecule has 0 aromatic heterocycles. The van der Waals surface area contributed by atoms with Crippen molar-refractivity contribution in [3.05, 3.63) is 47.5 Å². The van der Waals surface area contributed by atoms with Gasteiger partial charge in [0.15, 0.2) is 0 Å². The molecule has 2 aromatic rings. The van der Waals surface area contributed by atoms with Crippen molar-refractivity contribution in [3.8, 4) is 17.2 Å². The average Bonchev–Trinajstić information content (AvgIpc) is 2.28. The van der Waals surface area contributed by atoms with Crippen LogP contribution in [0.5, 0.6) is 17.2 Å². The molecule has 0 bridgehead atoms. The number of rotatable bonds is 3. The van der Waals surface area contributed by atoms with Crippen molar-refractivity contribution < 1.29 is 22.6 Å². The summed E-state index contributed by atoms with van der Waals surface area (Å²) in [5.41, 5.74) is 6.02. The second-order valence-electron chi connectivity index (χ2n) is 3.84. The van der Waals surface area contributed by atoms with Crippen molar-refractivity contribution in [1.82, 2.24) is 0 Å². The van der Waals surface area contributed by atoms with E-state index in [1.807, 2.05) is 0 Å². The van der Waals surface area contributed by atoms with Crippen molar-refractivity contribution >= 4 is 17.3 Å². The minimum absolute atomic E-state index is 0.324. The predicted molar refractivity (Wildman–Crippen MR) is 69.1 cm³/mol. The number of benzene rings is 2. The lowest BCUT2D eigenvalue weighted by Gasteiger charge is -2.10.